The lowest BCUT2D eigenvalue weighted by atomic mass is 9.54. The van der Waals surface area contributed by atoms with Crippen LogP contribution in [-0.4, -0.2) is 66.2 Å². The molecule has 4 bridgehead atoms. The number of carbonyl (C=O) groups excluding carboxylic acids is 1. The number of piperazine rings is 1. The van der Waals surface area contributed by atoms with Gasteiger partial charge in [-0.25, -0.2) is 0 Å². The molecule has 0 atom stereocenters. The summed E-state index contributed by atoms with van der Waals surface area (Å²) >= 11 is 0. The molecule has 1 aromatic rings. The lowest BCUT2D eigenvalue weighted by Crippen LogP contribution is -2.60. The van der Waals surface area contributed by atoms with Gasteiger partial charge in [-0.05, 0) is 75.0 Å². The molecule has 0 radical (unpaired) electrons. The summed E-state index contributed by atoms with van der Waals surface area (Å²) in [4.78, 5) is 32.0. The molecule has 5 aliphatic carbocycles. The minimum absolute atomic E-state index is 0.0381. The van der Waals surface area contributed by atoms with Crippen LogP contribution in [0.25, 0.3) is 0 Å². The monoisotopic (exact) mass is 495 g/mol. The van der Waals surface area contributed by atoms with Crippen molar-refractivity contribution in [2.45, 2.75) is 83.7 Å². The van der Waals surface area contributed by atoms with Gasteiger partial charge in [-0.3, -0.25) is 14.5 Å². The first-order chi connectivity index (χ1) is 17.5. The Kier molecular flexibility index (Phi) is 7.02. The van der Waals surface area contributed by atoms with E-state index in [1.54, 1.807) is 13.2 Å². The molecule has 7 rings (SSSR count). The molecule has 6 heteroatoms. The highest BCUT2D eigenvalue weighted by Gasteiger charge is 2.50. The molecule has 0 aromatic carbocycles. The maximum absolute atomic E-state index is 13.9. The van der Waals surface area contributed by atoms with Crippen LogP contribution < -0.4 is 5.43 Å². The van der Waals surface area contributed by atoms with Crippen molar-refractivity contribution >= 4 is 5.91 Å². The SMILES string of the molecule is COCCn1c(C)cc(=O)c(C(=O)N2CCN(C3C4CC5CC(C4)CC3C5)CC2)c1CC1CCCC1. The predicted octanol–water partition coefficient (Wildman–Crippen LogP) is 4.12. The highest BCUT2D eigenvalue weighted by molar-refractivity contribution is 5.95. The number of hydrogen-bond donors (Lipinski definition) is 0. The van der Waals surface area contributed by atoms with Crippen LogP contribution in [0, 0.1) is 36.5 Å². The van der Waals surface area contributed by atoms with Gasteiger partial charge in [-0.15, -0.1) is 0 Å². The van der Waals surface area contributed by atoms with Crippen molar-refractivity contribution < 1.29 is 9.53 Å². The van der Waals surface area contributed by atoms with Gasteiger partial charge in [0.25, 0.3) is 5.91 Å². The summed E-state index contributed by atoms with van der Waals surface area (Å²) in [6.07, 6.45) is 13.0. The molecule has 6 fully saturated rings. The third-order valence-corrected chi connectivity index (χ3v) is 10.5. The van der Waals surface area contributed by atoms with Crippen molar-refractivity contribution in [3.63, 3.8) is 0 Å². The van der Waals surface area contributed by atoms with Crippen molar-refractivity contribution in [2.24, 2.45) is 29.6 Å². The molecule has 1 aliphatic heterocycles. The Hall–Kier alpha value is -1.66. The van der Waals surface area contributed by atoms with E-state index in [-0.39, 0.29) is 11.3 Å². The Bertz CT molecular complexity index is 991. The van der Waals surface area contributed by atoms with E-state index in [9.17, 15) is 9.59 Å². The summed E-state index contributed by atoms with van der Waals surface area (Å²) < 4.78 is 7.58. The first-order valence-electron chi connectivity index (χ1n) is 14.8. The molecule has 36 heavy (non-hydrogen) atoms. The number of amides is 1. The Morgan fingerprint density at radius 3 is 2.22 bits per heavy atom. The second-order valence-electron chi connectivity index (χ2n) is 12.7. The summed E-state index contributed by atoms with van der Waals surface area (Å²) in [5.41, 5.74) is 2.24. The van der Waals surface area contributed by atoms with Crippen LogP contribution in [0.4, 0.5) is 0 Å². The third-order valence-electron chi connectivity index (χ3n) is 10.5. The van der Waals surface area contributed by atoms with Gasteiger partial charge in [-0.1, -0.05) is 25.7 Å². The largest absolute Gasteiger partial charge is 0.383 e. The molecule has 5 saturated carbocycles. The summed E-state index contributed by atoms with van der Waals surface area (Å²) in [6, 6.07) is 2.41. The average molecular weight is 496 g/mol. The molecular weight excluding hydrogens is 450 g/mol. The van der Waals surface area contributed by atoms with Crippen molar-refractivity contribution in [1.29, 1.82) is 0 Å². The zero-order valence-electron chi connectivity index (χ0n) is 22.4. The number of ether oxygens (including phenoxy) is 1. The van der Waals surface area contributed by atoms with Gasteiger partial charge in [0.2, 0.25) is 0 Å². The van der Waals surface area contributed by atoms with Gasteiger partial charge < -0.3 is 14.2 Å². The molecule has 1 aromatic heterocycles. The van der Waals surface area contributed by atoms with Crippen molar-refractivity contribution in [3.8, 4) is 0 Å². The van der Waals surface area contributed by atoms with Crippen molar-refractivity contribution in [1.82, 2.24) is 14.4 Å². The fourth-order valence-corrected chi connectivity index (χ4v) is 9.13. The zero-order valence-corrected chi connectivity index (χ0v) is 22.4. The van der Waals surface area contributed by atoms with E-state index in [4.69, 9.17) is 4.74 Å². The molecule has 1 amide bonds. The number of aromatic nitrogens is 1. The van der Waals surface area contributed by atoms with E-state index in [0.717, 1.165) is 73.7 Å². The maximum Gasteiger partial charge on any atom is 0.259 e. The molecule has 0 unspecified atom stereocenters. The second kappa shape index (κ2) is 10.2. The number of nitrogens with zero attached hydrogens (tertiary/aromatic N) is 3. The molecule has 6 aliphatic rings. The van der Waals surface area contributed by atoms with E-state index in [2.05, 4.69) is 9.47 Å². The Morgan fingerprint density at radius 1 is 0.972 bits per heavy atom. The highest BCUT2D eigenvalue weighted by atomic mass is 16.5. The van der Waals surface area contributed by atoms with Crippen LogP contribution in [0.5, 0.6) is 0 Å². The van der Waals surface area contributed by atoms with Crippen LogP contribution >= 0.6 is 0 Å². The predicted molar refractivity (Wildman–Crippen MR) is 141 cm³/mol. The summed E-state index contributed by atoms with van der Waals surface area (Å²) in [5.74, 6) is 4.28. The molecule has 0 spiro atoms. The number of carbonyl (C=O) groups is 1. The zero-order chi connectivity index (χ0) is 24.8. The smallest absolute Gasteiger partial charge is 0.259 e. The van der Waals surface area contributed by atoms with E-state index in [1.807, 2.05) is 11.8 Å². The van der Waals surface area contributed by atoms with Gasteiger partial charge in [0, 0.05) is 63.3 Å². The van der Waals surface area contributed by atoms with E-state index < -0.39 is 0 Å². The molecule has 0 N–H and O–H groups in total. The van der Waals surface area contributed by atoms with Gasteiger partial charge in [-0.2, -0.15) is 0 Å². The summed E-state index contributed by atoms with van der Waals surface area (Å²) in [6.45, 7) is 6.67. The lowest BCUT2D eigenvalue weighted by Gasteiger charge is -2.58. The average Bonchev–Trinajstić information content (AvgIpc) is 3.36. The van der Waals surface area contributed by atoms with Crippen LogP contribution in [0.15, 0.2) is 10.9 Å². The van der Waals surface area contributed by atoms with Crippen LogP contribution in [-0.2, 0) is 17.7 Å². The second-order valence-corrected chi connectivity index (χ2v) is 12.7. The minimum atomic E-state index is -0.0948. The van der Waals surface area contributed by atoms with E-state index in [0.29, 0.717) is 24.6 Å². The standard InChI is InChI=1S/C30H45N3O3/c1-20-13-27(34)28(26(33(20)11-12-36-2)19-21-5-3-4-6-21)30(35)32-9-7-31(8-10-32)29-24-15-22-14-23(17-24)18-25(29)16-22/h13,21-25,29H,3-12,14-19H2,1-2H3. The van der Waals surface area contributed by atoms with Crippen LogP contribution in [0.3, 0.4) is 0 Å². The van der Waals surface area contributed by atoms with Crippen LogP contribution in [0.2, 0.25) is 0 Å². The van der Waals surface area contributed by atoms with Crippen LogP contribution in [0.1, 0.15) is 79.5 Å². The first-order valence-corrected chi connectivity index (χ1v) is 14.8. The van der Waals surface area contributed by atoms with E-state index in [1.165, 1.54) is 57.8 Å². The van der Waals surface area contributed by atoms with Gasteiger partial charge in [0.15, 0.2) is 5.43 Å². The molecule has 198 valence electrons. The fraction of sp³-hybridized carbons (Fsp3) is 0.800. The molecule has 6 nitrogen and oxygen atoms in total. The van der Waals surface area contributed by atoms with Crippen molar-refractivity contribution in [2.75, 3.05) is 39.9 Å². The molecule has 2 heterocycles. The minimum Gasteiger partial charge on any atom is -0.383 e. The highest BCUT2D eigenvalue weighted by Crippen LogP contribution is 2.55. The number of methoxy groups -OCH3 is 1. The van der Waals surface area contributed by atoms with Crippen molar-refractivity contribution in [3.05, 3.63) is 33.2 Å². The first kappa shape index (κ1) is 24.7. The number of hydrogen-bond acceptors (Lipinski definition) is 4. The quantitative estimate of drug-likeness (QED) is 0.571. The Labute approximate surface area is 216 Å². The summed E-state index contributed by atoms with van der Waals surface area (Å²) in [5, 5.41) is 0. The summed E-state index contributed by atoms with van der Waals surface area (Å²) in [7, 11) is 1.71. The number of pyridine rings is 1. The lowest BCUT2D eigenvalue weighted by molar-refractivity contribution is -0.0743. The molecule has 1 saturated heterocycles. The Balaban J connectivity index is 1.20. The maximum atomic E-state index is 13.9. The molecular formula is C30H45N3O3. The van der Waals surface area contributed by atoms with E-state index >= 15 is 0 Å². The number of aryl methyl sites for hydroxylation is 1. The van der Waals surface area contributed by atoms with Gasteiger partial charge in [0.1, 0.15) is 5.56 Å². The topological polar surface area (TPSA) is 54.8 Å². The van der Waals surface area contributed by atoms with Gasteiger partial charge in [0.05, 0.1) is 6.61 Å². The fourth-order valence-electron chi connectivity index (χ4n) is 9.13. The van der Waals surface area contributed by atoms with Gasteiger partial charge >= 0.3 is 0 Å². The Morgan fingerprint density at radius 2 is 1.61 bits per heavy atom. The normalized spacial score (nSPS) is 32.5. The third kappa shape index (κ3) is 4.57. The number of rotatable bonds is 7.